The summed E-state index contributed by atoms with van der Waals surface area (Å²) >= 11 is 0. The lowest BCUT2D eigenvalue weighted by molar-refractivity contribution is 0.171. The van der Waals surface area contributed by atoms with Gasteiger partial charge in [0.2, 0.25) is 0 Å². The van der Waals surface area contributed by atoms with Crippen LogP contribution < -0.4 is 15.2 Å². The minimum Gasteiger partial charge on any atom is -0.497 e. The van der Waals surface area contributed by atoms with Crippen LogP contribution in [0.2, 0.25) is 0 Å². The number of hydrogen-bond acceptors (Lipinski definition) is 3. The zero-order valence-corrected chi connectivity index (χ0v) is 12.9. The van der Waals surface area contributed by atoms with Crippen LogP contribution in [0.15, 0.2) is 48.5 Å². The molecule has 21 heavy (non-hydrogen) atoms. The summed E-state index contributed by atoms with van der Waals surface area (Å²) in [5.74, 6) is 1.61. The molecule has 0 aliphatic rings. The van der Waals surface area contributed by atoms with Crippen LogP contribution >= 0.6 is 0 Å². The van der Waals surface area contributed by atoms with Gasteiger partial charge < -0.3 is 15.2 Å². The molecule has 0 spiro atoms. The van der Waals surface area contributed by atoms with E-state index in [2.05, 4.69) is 38.1 Å². The highest BCUT2D eigenvalue weighted by atomic mass is 16.5. The molecule has 112 valence electrons. The van der Waals surface area contributed by atoms with Gasteiger partial charge in [-0.05, 0) is 43.2 Å². The van der Waals surface area contributed by atoms with Gasteiger partial charge in [0.25, 0.3) is 0 Å². The van der Waals surface area contributed by atoms with Crippen molar-refractivity contribution in [3.05, 3.63) is 59.7 Å². The summed E-state index contributed by atoms with van der Waals surface area (Å²) in [6, 6.07) is 15.9. The summed E-state index contributed by atoms with van der Waals surface area (Å²) in [7, 11) is 1.65. The van der Waals surface area contributed by atoms with Crippen molar-refractivity contribution < 1.29 is 9.47 Å². The molecule has 0 heterocycles. The van der Waals surface area contributed by atoms with Crippen molar-refractivity contribution in [1.82, 2.24) is 0 Å². The Morgan fingerprint density at radius 2 is 1.52 bits per heavy atom. The Morgan fingerprint density at radius 1 is 0.952 bits per heavy atom. The molecule has 3 heteroatoms. The summed E-state index contributed by atoms with van der Waals surface area (Å²) in [4.78, 5) is 0. The Morgan fingerprint density at radius 3 is 2.05 bits per heavy atom. The first-order chi connectivity index (χ1) is 10.1. The Hall–Kier alpha value is -2.00. The predicted molar refractivity (Wildman–Crippen MR) is 85.8 cm³/mol. The molecule has 3 nitrogen and oxygen atoms in total. The van der Waals surface area contributed by atoms with Crippen LogP contribution in [0.1, 0.15) is 30.6 Å². The average molecular weight is 285 g/mol. The van der Waals surface area contributed by atoms with Crippen LogP contribution in [-0.4, -0.2) is 13.2 Å². The number of benzene rings is 2. The first-order valence-electron chi connectivity index (χ1n) is 7.27. The third-order valence-electron chi connectivity index (χ3n) is 3.59. The van der Waals surface area contributed by atoms with Crippen LogP contribution in [0, 0.1) is 6.92 Å². The van der Waals surface area contributed by atoms with Crippen molar-refractivity contribution in [2.75, 3.05) is 7.11 Å². The highest BCUT2D eigenvalue weighted by molar-refractivity contribution is 5.32. The van der Waals surface area contributed by atoms with Gasteiger partial charge >= 0.3 is 0 Å². The fraction of sp³-hybridized carbons (Fsp3) is 0.333. The smallest absolute Gasteiger partial charge is 0.139 e. The average Bonchev–Trinajstić information content (AvgIpc) is 2.53. The zero-order valence-electron chi connectivity index (χ0n) is 12.9. The van der Waals surface area contributed by atoms with E-state index in [1.165, 1.54) is 5.56 Å². The van der Waals surface area contributed by atoms with Crippen molar-refractivity contribution in [3.63, 3.8) is 0 Å². The number of rotatable bonds is 6. The largest absolute Gasteiger partial charge is 0.497 e. The van der Waals surface area contributed by atoms with Crippen molar-refractivity contribution >= 4 is 0 Å². The first kappa shape index (κ1) is 15.4. The van der Waals surface area contributed by atoms with Gasteiger partial charge in [0.05, 0.1) is 7.11 Å². The topological polar surface area (TPSA) is 44.5 Å². The van der Waals surface area contributed by atoms with Gasteiger partial charge in [-0.1, -0.05) is 36.8 Å². The van der Waals surface area contributed by atoms with E-state index in [9.17, 15) is 0 Å². The molecule has 0 saturated heterocycles. The number of hydrogen-bond donors (Lipinski definition) is 1. The molecule has 0 aliphatic heterocycles. The minimum absolute atomic E-state index is 0.0465. The summed E-state index contributed by atoms with van der Waals surface area (Å²) in [6.07, 6.45) is 0.707. The molecule has 0 amide bonds. The highest BCUT2D eigenvalue weighted by Crippen LogP contribution is 2.27. The third kappa shape index (κ3) is 3.99. The zero-order chi connectivity index (χ0) is 15.2. The van der Waals surface area contributed by atoms with E-state index >= 15 is 0 Å². The van der Waals surface area contributed by atoms with Crippen molar-refractivity contribution in [3.8, 4) is 11.5 Å². The third-order valence-corrected chi connectivity index (χ3v) is 3.59. The van der Waals surface area contributed by atoms with Gasteiger partial charge in [-0.25, -0.2) is 0 Å². The van der Waals surface area contributed by atoms with Gasteiger partial charge in [-0.2, -0.15) is 0 Å². The molecule has 0 aromatic heterocycles. The molecule has 2 N–H and O–H groups in total. The molecule has 2 aromatic rings. The maximum atomic E-state index is 6.24. The van der Waals surface area contributed by atoms with Crippen molar-refractivity contribution in [1.29, 1.82) is 0 Å². The Balaban J connectivity index is 2.21. The van der Waals surface area contributed by atoms with Gasteiger partial charge in [0.1, 0.15) is 17.6 Å². The van der Waals surface area contributed by atoms with Crippen LogP contribution in [0.4, 0.5) is 0 Å². The molecule has 0 radical (unpaired) electrons. The van der Waals surface area contributed by atoms with Gasteiger partial charge in [0, 0.05) is 6.04 Å². The fourth-order valence-corrected chi connectivity index (χ4v) is 2.17. The van der Waals surface area contributed by atoms with Crippen LogP contribution in [0.3, 0.4) is 0 Å². The number of aryl methyl sites for hydroxylation is 1. The Labute approximate surface area is 126 Å². The maximum Gasteiger partial charge on any atom is 0.139 e. The SMILES string of the molecule is CCC(N)C(Oc1ccc(OC)cc1)c1ccc(C)cc1. The Kier molecular flexibility index (Phi) is 5.23. The molecular weight excluding hydrogens is 262 g/mol. The van der Waals surface area contributed by atoms with E-state index in [1.54, 1.807) is 7.11 Å². The molecule has 0 saturated carbocycles. The molecular formula is C18H23NO2. The molecule has 0 fully saturated rings. The predicted octanol–water partition coefficient (Wildman–Crippen LogP) is 3.86. The number of ether oxygens (including phenoxy) is 2. The second-order valence-electron chi connectivity index (χ2n) is 5.20. The molecule has 2 unspecified atom stereocenters. The molecule has 2 rings (SSSR count). The number of nitrogens with two attached hydrogens (primary N) is 1. The summed E-state index contributed by atoms with van der Waals surface area (Å²) < 4.78 is 11.3. The Bertz CT molecular complexity index is 548. The molecule has 2 aromatic carbocycles. The lowest BCUT2D eigenvalue weighted by Gasteiger charge is -2.25. The first-order valence-corrected chi connectivity index (χ1v) is 7.27. The molecule has 0 bridgehead atoms. The quantitative estimate of drug-likeness (QED) is 0.876. The molecule has 0 aliphatic carbocycles. The van der Waals surface area contributed by atoms with Gasteiger partial charge in [-0.15, -0.1) is 0 Å². The normalized spacial score (nSPS) is 13.5. The maximum absolute atomic E-state index is 6.24. The second kappa shape index (κ2) is 7.14. The summed E-state index contributed by atoms with van der Waals surface area (Å²) in [6.45, 7) is 4.14. The van der Waals surface area contributed by atoms with E-state index in [0.29, 0.717) is 0 Å². The van der Waals surface area contributed by atoms with Crippen LogP contribution in [0.5, 0.6) is 11.5 Å². The van der Waals surface area contributed by atoms with Gasteiger partial charge in [0.15, 0.2) is 0 Å². The highest BCUT2D eigenvalue weighted by Gasteiger charge is 2.20. The van der Waals surface area contributed by atoms with E-state index in [4.69, 9.17) is 15.2 Å². The van der Waals surface area contributed by atoms with E-state index in [-0.39, 0.29) is 12.1 Å². The number of methoxy groups -OCH3 is 1. The van der Waals surface area contributed by atoms with Gasteiger partial charge in [-0.3, -0.25) is 0 Å². The minimum atomic E-state index is -0.149. The summed E-state index contributed by atoms with van der Waals surface area (Å²) in [5, 5.41) is 0. The standard InChI is InChI=1S/C18H23NO2/c1-4-17(19)18(14-7-5-13(2)6-8-14)21-16-11-9-15(20-3)10-12-16/h5-12,17-18H,4,19H2,1-3H3. The van der Waals surface area contributed by atoms with Crippen molar-refractivity contribution in [2.45, 2.75) is 32.4 Å². The van der Waals surface area contributed by atoms with Crippen LogP contribution in [-0.2, 0) is 0 Å². The lowest BCUT2D eigenvalue weighted by atomic mass is 10.00. The fourth-order valence-electron chi connectivity index (χ4n) is 2.17. The lowest BCUT2D eigenvalue weighted by Crippen LogP contribution is -2.31. The summed E-state index contributed by atoms with van der Waals surface area (Å²) in [5.41, 5.74) is 8.57. The van der Waals surface area contributed by atoms with E-state index in [0.717, 1.165) is 23.5 Å². The molecule has 2 atom stereocenters. The van der Waals surface area contributed by atoms with E-state index in [1.807, 2.05) is 24.3 Å². The van der Waals surface area contributed by atoms with E-state index < -0.39 is 0 Å². The second-order valence-corrected chi connectivity index (χ2v) is 5.20. The van der Waals surface area contributed by atoms with Crippen LogP contribution in [0.25, 0.3) is 0 Å². The monoisotopic (exact) mass is 285 g/mol. The van der Waals surface area contributed by atoms with Crippen molar-refractivity contribution in [2.24, 2.45) is 5.73 Å².